The van der Waals surface area contributed by atoms with Crippen molar-refractivity contribution in [2.75, 3.05) is 5.73 Å². The second-order valence-corrected chi connectivity index (χ2v) is 4.96. The topological polar surface area (TPSA) is 35.2 Å². The number of hydrogen-bond acceptors (Lipinski definition) is 2. The van der Waals surface area contributed by atoms with Crippen molar-refractivity contribution < 1.29 is 4.74 Å². The third-order valence-corrected chi connectivity index (χ3v) is 3.36. The van der Waals surface area contributed by atoms with Crippen LogP contribution in [0.3, 0.4) is 0 Å². The molecule has 2 nitrogen and oxygen atoms in total. The fraction of sp³-hybridized carbons (Fsp3) is 0.0769. The molecule has 2 aromatic carbocycles. The molecule has 0 aliphatic heterocycles. The van der Waals surface area contributed by atoms with Gasteiger partial charge in [0.2, 0.25) is 0 Å². The third kappa shape index (κ3) is 2.93. The molecule has 0 fully saturated rings. The van der Waals surface area contributed by atoms with Crippen molar-refractivity contribution in [1.82, 2.24) is 0 Å². The van der Waals surface area contributed by atoms with Crippen molar-refractivity contribution in [3.8, 4) is 11.5 Å². The smallest absolute Gasteiger partial charge is 0.141 e. The van der Waals surface area contributed by atoms with E-state index in [1.165, 1.54) is 0 Å². The molecule has 0 unspecified atom stereocenters. The first-order valence-electron chi connectivity index (χ1n) is 5.05. The second kappa shape index (κ2) is 4.98. The van der Waals surface area contributed by atoms with Gasteiger partial charge in [-0.3, -0.25) is 0 Å². The second-order valence-electron chi connectivity index (χ2n) is 3.70. The molecule has 0 amide bonds. The van der Waals surface area contributed by atoms with Crippen LogP contribution in [0.4, 0.5) is 5.69 Å². The fourth-order valence-electron chi connectivity index (χ4n) is 1.41. The quantitative estimate of drug-likeness (QED) is 0.810. The number of nitrogens with two attached hydrogens (primary N) is 1. The van der Waals surface area contributed by atoms with Gasteiger partial charge in [-0.25, -0.2) is 0 Å². The number of rotatable bonds is 2. The van der Waals surface area contributed by atoms with Gasteiger partial charge in [-0.1, -0.05) is 11.6 Å². The highest BCUT2D eigenvalue weighted by Gasteiger charge is 2.04. The molecule has 0 radical (unpaired) electrons. The lowest BCUT2D eigenvalue weighted by molar-refractivity contribution is 0.479. The molecule has 0 aliphatic rings. The Bertz CT molecular complexity index is 557. The molecular formula is C13H11BrClNO. The molecule has 17 heavy (non-hydrogen) atoms. The summed E-state index contributed by atoms with van der Waals surface area (Å²) in [6.07, 6.45) is 0. The van der Waals surface area contributed by atoms with Crippen molar-refractivity contribution in [2.24, 2.45) is 0 Å². The number of halogens is 2. The van der Waals surface area contributed by atoms with Crippen LogP contribution in [0.15, 0.2) is 40.9 Å². The van der Waals surface area contributed by atoms with E-state index in [0.29, 0.717) is 5.69 Å². The summed E-state index contributed by atoms with van der Waals surface area (Å²) in [5.41, 5.74) is 7.34. The molecule has 0 atom stereocenters. The van der Waals surface area contributed by atoms with Gasteiger partial charge in [0, 0.05) is 10.7 Å². The summed E-state index contributed by atoms with van der Waals surface area (Å²) in [4.78, 5) is 0. The predicted octanol–water partition coefficient (Wildman–Crippen LogP) is 4.79. The van der Waals surface area contributed by atoms with E-state index in [9.17, 15) is 0 Å². The maximum absolute atomic E-state index is 5.95. The van der Waals surface area contributed by atoms with Crippen LogP contribution < -0.4 is 10.5 Å². The lowest BCUT2D eigenvalue weighted by atomic mass is 10.2. The van der Waals surface area contributed by atoms with Crippen LogP contribution in [-0.2, 0) is 0 Å². The van der Waals surface area contributed by atoms with Crippen LogP contribution in [0.25, 0.3) is 0 Å². The van der Waals surface area contributed by atoms with E-state index >= 15 is 0 Å². The summed E-state index contributed by atoms with van der Waals surface area (Å²) in [6, 6.07) is 11.0. The van der Waals surface area contributed by atoms with Gasteiger partial charge in [0.25, 0.3) is 0 Å². The first kappa shape index (κ1) is 12.3. The van der Waals surface area contributed by atoms with Gasteiger partial charge in [0.05, 0.1) is 4.47 Å². The lowest BCUT2D eigenvalue weighted by Gasteiger charge is -2.09. The monoisotopic (exact) mass is 311 g/mol. The van der Waals surface area contributed by atoms with E-state index in [4.69, 9.17) is 22.1 Å². The Morgan fingerprint density at radius 2 is 1.94 bits per heavy atom. The van der Waals surface area contributed by atoms with Gasteiger partial charge in [-0.15, -0.1) is 0 Å². The van der Waals surface area contributed by atoms with Crippen molar-refractivity contribution in [2.45, 2.75) is 6.92 Å². The molecule has 2 rings (SSSR count). The zero-order valence-corrected chi connectivity index (χ0v) is 11.5. The number of benzene rings is 2. The average molecular weight is 313 g/mol. The SMILES string of the molecule is Cc1cc(Oc2ccc(N)cc2Br)ccc1Cl. The van der Waals surface area contributed by atoms with Gasteiger partial charge in [0.1, 0.15) is 11.5 Å². The zero-order valence-electron chi connectivity index (χ0n) is 9.21. The van der Waals surface area contributed by atoms with Crippen molar-refractivity contribution in [1.29, 1.82) is 0 Å². The van der Waals surface area contributed by atoms with Crippen LogP contribution in [0.1, 0.15) is 5.56 Å². The Hall–Kier alpha value is -1.19. The summed E-state index contributed by atoms with van der Waals surface area (Å²) in [5, 5.41) is 0.730. The molecule has 4 heteroatoms. The Morgan fingerprint density at radius 1 is 1.18 bits per heavy atom. The first-order valence-corrected chi connectivity index (χ1v) is 6.22. The number of nitrogen functional groups attached to an aromatic ring is 1. The van der Waals surface area contributed by atoms with E-state index < -0.39 is 0 Å². The highest BCUT2D eigenvalue weighted by atomic mass is 79.9. The number of anilines is 1. The minimum absolute atomic E-state index is 0.691. The average Bonchev–Trinajstić information content (AvgIpc) is 2.27. The van der Waals surface area contributed by atoms with Crippen LogP contribution in [0.2, 0.25) is 5.02 Å². The minimum Gasteiger partial charge on any atom is -0.456 e. The number of aryl methyl sites for hydroxylation is 1. The Morgan fingerprint density at radius 3 is 2.59 bits per heavy atom. The largest absolute Gasteiger partial charge is 0.456 e. The molecule has 2 aromatic rings. The van der Waals surface area contributed by atoms with E-state index in [-0.39, 0.29) is 0 Å². The fourth-order valence-corrected chi connectivity index (χ4v) is 2.00. The molecule has 2 N–H and O–H groups in total. The van der Waals surface area contributed by atoms with Crippen LogP contribution in [0, 0.1) is 6.92 Å². The maximum atomic E-state index is 5.95. The van der Waals surface area contributed by atoms with E-state index in [0.717, 1.165) is 26.6 Å². The van der Waals surface area contributed by atoms with Gasteiger partial charge < -0.3 is 10.5 Å². The third-order valence-electron chi connectivity index (χ3n) is 2.31. The van der Waals surface area contributed by atoms with E-state index in [1.807, 2.05) is 31.2 Å². The molecule has 0 spiro atoms. The number of ether oxygens (including phenoxy) is 1. The molecule has 0 heterocycles. The Kier molecular flexibility index (Phi) is 3.60. The van der Waals surface area contributed by atoms with Gasteiger partial charge >= 0.3 is 0 Å². The molecule has 0 saturated carbocycles. The van der Waals surface area contributed by atoms with Gasteiger partial charge in [0.15, 0.2) is 0 Å². The molecule has 0 aromatic heterocycles. The maximum Gasteiger partial charge on any atom is 0.141 e. The van der Waals surface area contributed by atoms with Crippen LogP contribution >= 0.6 is 27.5 Å². The van der Waals surface area contributed by atoms with Crippen LogP contribution in [-0.4, -0.2) is 0 Å². The molecule has 88 valence electrons. The Balaban J connectivity index is 2.28. The predicted molar refractivity (Wildman–Crippen MR) is 74.8 cm³/mol. The summed E-state index contributed by atoms with van der Waals surface area (Å²) in [5.74, 6) is 1.47. The summed E-state index contributed by atoms with van der Waals surface area (Å²) in [6.45, 7) is 1.94. The highest BCUT2D eigenvalue weighted by Crippen LogP contribution is 2.32. The normalized spacial score (nSPS) is 10.3. The summed E-state index contributed by atoms with van der Waals surface area (Å²) < 4.78 is 6.56. The summed E-state index contributed by atoms with van der Waals surface area (Å²) in [7, 11) is 0. The molecule has 0 bridgehead atoms. The first-order chi connectivity index (χ1) is 8.06. The lowest BCUT2D eigenvalue weighted by Crippen LogP contribution is -1.89. The summed E-state index contributed by atoms with van der Waals surface area (Å²) >= 11 is 9.36. The van der Waals surface area contributed by atoms with Gasteiger partial charge in [-0.05, 0) is 64.8 Å². The molecular weight excluding hydrogens is 302 g/mol. The standard InChI is InChI=1S/C13H11BrClNO/c1-8-6-10(3-4-12(8)15)17-13-5-2-9(16)7-11(13)14/h2-7H,16H2,1H3. The van der Waals surface area contributed by atoms with Crippen LogP contribution in [0.5, 0.6) is 11.5 Å². The molecule has 0 saturated heterocycles. The zero-order chi connectivity index (χ0) is 12.4. The Labute approximate surface area is 113 Å². The number of hydrogen-bond donors (Lipinski definition) is 1. The van der Waals surface area contributed by atoms with Gasteiger partial charge in [-0.2, -0.15) is 0 Å². The van der Waals surface area contributed by atoms with E-state index in [1.54, 1.807) is 12.1 Å². The highest BCUT2D eigenvalue weighted by molar-refractivity contribution is 9.10. The van der Waals surface area contributed by atoms with E-state index in [2.05, 4.69) is 15.9 Å². The minimum atomic E-state index is 0.691. The molecule has 0 aliphatic carbocycles. The van der Waals surface area contributed by atoms with Crippen molar-refractivity contribution in [3.63, 3.8) is 0 Å². The van der Waals surface area contributed by atoms with Crippen molar-refractivity contribution in [3.05, 3.63) is 51.5 Å². The van der Waals surface area contributed by atoms with Crippen molar-refractivity contribution >= 4 is 33.2 Å².